The predicted molar refractivity (Wildman–Crippen MR) is 122 cm³/mol. The molecule has 192 valence electrons. The lowest BCUT2D eigenvalue weighted by Crippen LogP contribution is -2.42. The molecule has 2 aromatic rings. The Morgan fingerprint density at radius 1 is 1.20 bits per heavy atom. The highest BCUT2D eigenvalue weighted by molar-refractivity contribution is 9.10. The summed E-state index contributed by atoms with van der Waals surface area (Å²) >= 11 is 8.79. The van der Waals surface area contributed by atoms with Crippen molar-refractivity contribution in [3.8, 4) is 17.2 Å². The van der Waals surface area contributed by atoms with Gasteiger partial charge in [-0.3, -0.25) is 9.52 Å². The van der Waals surface area contributed by atoms with Crippen LogP contribution in [0.5, 0.6) is 17.2 Å². The molecule has 1 aliphatic carbocycles. The minimum atomic E-state index is -5.20. The highest BCUT2D eigenvalue weighted by Gasteiger charge is 2.40. The molecule has 9 nitrogen and oxygen atoms in total. The molecule has 0 spiro atoms. The van der Waals surface area contributed by atoms with Crippen molar-refractivity contribution in [2.75, 3.05) is 11.3 Å². The van der Waals surface area contributed by atoms with E-state index in [1.807, 2.05) is 4.72 Å². The lowest BCUT2D eigenvalue weighted by atomic mass is 10.0. The predicted octanol–water partition coefficient (Wildman–Crippen LogP) is 4.10. The summed E-state index contributed by atoms with van der Waals surface area (Å²) in [5, 5.41) is 32.9. The molecular formula is C20H19BrClF3N2O7S. The molecule has 35 heavy (non-hydrogen) atoms. The fourth-order valence-corrected chi connectivity index (χ4v) is 5.42. The number of rotatable bonds is 8. The van der Waals surface area contributed by atoms with Gasteiger partial charge in [-0.05, 0) is 43.9 Å². The SMILES string of the molecule is CC(O)(CNC(=O)c1cc(OC(F)(F)F)cc(NS(=O)(=O)c2cc(Br)cc(Cl)c2O)c1O)C1CC1. The molecule has 0 aromatic heterocycles. The third-order valence-corrected chi connectivity index (χ3v) is 7.28. The highest BCUT2D eigenvalue weighted by Crippen LogP contribution is 2.41. The number of alkyl halides is 3. The van der Waals surface area contributed by atoms with Crippen LogP contribution in [0, 0.1) is 5.92 Å². The molecule has 5 N–H and O–H groups in total. The lowest BCUT2D eigenvalue weighted by Gasteiger charge is -2.23. The van der Waals surface area contributed by atoms with E-state index in [1.54, 1.807) is 0 Å². The standard InChI is InChI=1S/C20H19BrClF3N2O7S/c1-19(31,9-2-3-9)8-26-18(30)12-6-11(34-20(23,24)25)7-14(16(12)28)27-35(32,33)15-5-10(21)4-13(22)17(15)29/h4-7,9,27-29,31H,2-3,8H2,1H3,(H,26,30). The van der Waals surface area contributed by atoms with Gasteiger partial charge in [-0.15, -0.1) is 13.2 Å². The molecule has 0 bridgehead atoms. The Morgan fingerprint density at radius 2 is 1.83 bits per heavy atom. The van der Waals surface area contributed by atoms with Crippen molar-refractivity contribution in [3.05, 3.63) is 39.3 Å². The van der Waals surface area contributed by atoms with E-state index >= 15 is 0 Å². The van der Waals surface area contributed by atoms with Crippen LogP contribution in [0.15, 0.2) is 33.6 Å². The molecule has 1 aliphatic rings. The quantitative estimate of drug-likeness (QED) is 0.286. The number of sulfonamides is 1. The molecule has 2 aromatic carbocycles. The van der Waals surface area contributed by atoms with E-state index in [0.29, 0.717) is 12.1 Å². The molecule has 15 heteroatoms. The Hall–Kier alpha value is -2.42. The summed E-state index contributed by atoms with van der Waals surface area (Å²) in [4.78, 5) is 11.9. The first-order valence-corrected chi connectivity index (χ1v) is 12.5. The molecule has 1 amide bonds. The minimum Gasteiger partial charge on any atom is -0.505 e. The van der Waals surface area contributed by atoms with E-state index in [-0.39, 0.29) is 22.0 Å². The molecule has 3 rings (SSSR count). The number of carbonyl (C=O) groups excluding carboxylic acids is 1. The third kappa shape index (κ3) is 6.63. The summed E-state index contributed by atoms with van der Waals surface area (Å²) < 4.78 is 70.0. The molecule has 0 aliphatic heterocycles. The van der Waals surface area contributed by atoms with Gasteiger partial charge in [0.2, 0.25) is 0 Å². The number of aromatic hydroxyl groups is 2. The van der Waals surface area contributed by atoms with Gasteiger partial charge < -0.3 is 25.4 Å². The molecule has 0 heterocycles. The van der Waals surface area contributed by atoms with E-state index in [0.717, 1.165) is 18.9 Å². The largest absolute Gasteiger partial charge is 0.573 e. The number of nitrogens with one attached hydrogen (secondary N) is 2. The fourth-order valence-electron chi connectivity index (χ4n) is 3.20. The van der Waals surface area contributed by atoms with Crippen LogP contribution in [0.2, 0.25) is 5.02 Å². The van der Waals surface area contributed by atoms with E-state index in [2.05, 4.69) is 26.0 Å². The van der Waals surface area contributed by atoms with Gasteiger partial charge in [-0.1, -0.05) is 27.5 Å². The maximum absolute atomic E-state index is 12.8. The van der Waals surface area contributed by atoms with Crippen LogP contribution < -0.4 is 14.8 Å². The van der Waals surface area contributed by atoms with Gasteiger partial charge in [0, 0.05) is 17.1 Å². The molecule has 1 saturated carbocycles. The van der Waals surface area contributed by atoms with Gasteiger partial charge in [0.25, 0.3) is 15.9 Å². The van der Waals surface area contributed by atoms with Crippen LogP contribution in [-0.2, 0) is 10.0 Å². The van der Waals surface area contributed by atoms with Gasteiger partial charge in [-0.2, -0.15) is 0 Å². The smallest absolute Gasteiger partial charge is 0.505 e. The fraction of sp³-hybridized carbons (Fsp3) is 0.350. The summed E-state index contributed by atoms with van der Waals surface area (Å²) in [5.41, 5.74) is -2.89. The van der Waals surface area contributed by atoms with Gasteiger partial charge in [-0.25, -0.2) is 8.42 Å². The Morgan fingerprint density at radius 3 is 2.40 bits per heavy atom. The number of phenols is 2. The van der Waals surface area contributed by atoms with Crippen molar-refractivity contribution in [3.63, 3.8) is 0 Å². The zero-order valence-corrected chi connectivity index (χ0v) is 20.9. The third-order valence-electron chi connectivity index (χ3n) is 5.15. The number of phenolic OH excluding ortho intramolecular Hbond substituents is 2. The summed E-state index contributed by atoms with van der Waals surface area (Å²) in [6.07, 6.45) is -3.73. The van der Waals surface area contributed by atoms with Crippen LogP contribution >= 0.6 is 27.5 Å². The number of aliphatic hydroxyl groups is 1. The normalized spacial score (nSPS) is 15.9. The number of amides is 1. The van der Waals surface area contributed by atoms with Crippen LogP contribution in [0.3, 0.4) is 0 Å². The second-order valence-electron chi connectivity index (χ2n) is 8.07. The second-order valence-corrected chi connectivity index (χ2v) is 11.0. The Bertz CT molecular complexity index is 1270. The van der Waals surface area contributed by atoms with Crippen LogP contribution in [0.4, 0.5) is 18.9 Å². The van der Waals surface area contributed by atoms with Gasteiger partial charge >= 0.3 is 6.36 Å². The topological polar surface area (TPSA) is 145 Å². The van der Waals surface area contributed by atoms with Crippen molar-refractivity contribution < 1.29 is 46.4 Å². The monoisotopic (exact) mass is 602 g/mol. The average molecular weight is 604 g/mol. The van der Waals surface area contributed by atoms with Crippen LogP contribution in [0.25, 0.3) is 0 Å². The average Bonchev–Trinajstić information content (AvgIpc) is 3.56. The summed E-state index contributed by atoms with van der Waals surface area (Å²) in [5.74, 6) is -4.05. The number of hydrogen-bond donors (Lipinski definition) is 5. The first-order valence-electron chi connectivity index (χ1n) is 9.84. The van der Waals surface area contributed by atoms with Gasteiger partial charge in [0.05, 0.1) is 21.9 Å². The Kier molecular flexibility index (Phi) is 7.42. The Balaban J connectivity index is 2.00. The zero-order valence-electron chi connectivity index (χ0n) is 17.8. The lowest BCUT2D eigenvalue weighted by molar-refractivity contribution is -0.274. The van der Waals surface area contributed by atoms with Crippen molar-refractivity contribution in [2.45, 2.75) is 36.6 Å². The molecule has 1 fully saturated rings. The number of ether oxygens (including phenoxy) is 1. The number of anilines is 1. The highest BCUT2D eigenvalue weighted by atomic mass is 79.9. The van der Waals surface area contributed by atoms with Crippen molar-refractivity contribution in [1.29, 1.82) is 0 Å². The molecule has 1 unspecified atom stereocenters. The number of benzene rings is 2. The van der Waals surface area contributed by atoms with Crippen LogP contribution in [0.1, 0.15) is 30.1 Å². The van der Waals surface area contributed by atoms with Crippen LogP contribution in [-0.4, -0.2) is 48.2 Å². The first kappa shape index (κ1) is 27.2. The number of carbonyl (C=O) groups is 1. The number of halogens is 5. The van der Waals surface area contributed by atoms with Gasteiger partial charge in [0.15, 0.2) is 11.5 Å². The molecule has 1 atom stereocenters. The maximum Gasteiger partial charge on any atom is 0.573 e. The van der Waals surface area contributed by atoms with Crippen molar-refractivity contribution >= 4 is 49.1 Å². The van der Waals surface area contributed by atoms with Gasteiger partial charge in [0.1, 0.15) is 10.6 Å². The van der Waals surface area contributed by atoms with Crippen molar-refractivity contribution in [2.24, 2.45) is 5.92 Å². The second kappa shape index (κ2) is 9.56. The molecule has 0 radical (unpaired) electrons. The zero-order chi connectivity index (χ0) is 26.3. The van der Waals surface area contributed by atoms with E-state index < -0.39 is 61.3 Å². The van der Waals surface area contributed by atoms with Crippen molar-refractivity contribution in [1.82, 2.24) is 5.32 Å². The summed E-state index contributed by atoms with van der Waals surface area (Å²) in [6, 6.07) is 3.23. The Labute approximate surface area is 211 Å². The minimum absolute atomic E-state index is 0.0663. The maximum atomic E-state index is 12.8. The van der Waals surface area contributed by atoms with E-state index in [1.165, 1.54) is 13.0 Å². The summed E-state index contributed by atoms with van der Waals surface area (Å²) in [7, 11) is -4.74. The summed E-state index contributed by atoms with van der Waals surface area (Å²) in [6.45, 7) is 1.20. The molecule has 0 saturated heterocycles. The first-order chi connectivity index (χ1) is 16.0. The van der Waals surface area contributed by atoms with E-state index in [4.69, 9.17) is 11.6 Å². The molecular weight excluding hydrogens is 585 g/mol. The number of hydrogen-bond acceptors (Lipinski definition) is 7. The van der Waals surface area contributed by atoms with E-state index in [9.17, 15) is 41.7 Å².